The normalized spacial score (nSPS) is 30.4. The number of nitrogens with zero attached hydrogens (tertiary/aromatic N) is 1. The van der Waals surface area contributed by atoms with E-state index in [-0.39, 0.29) is 11.8 Å². The maximum Gasteiger partial charge on any atom is 0.232 e. The van der Waals surface area contributed by atoms with E-state index in [9.17, 15) is 4.79 Å². The maximum absolute atomic E-state index is 12.3. The first-order valence-electron chi connectivity index (χ1n) is 8.17. The highest BCUT2D eigenvalue weighted by atomic mass is 16.2. The summed E-state index contributed by atoms with van der Waals surface area (Å²) in [5.74, 6) is 0.779. The van der Waals surface area contributed by atoms with Crippen LogP contribution in [0.3, 0.4) is 0 Å². The number of carbonyl (C=O) groups excluding carboxylic acids is 1. The summed E-state index contributed by atoms with van der Waals surface area (Å²) in [6, 6.07) is 8.90. The molecule has 4 heteroatoms. The molecule has 112 valence electrons. The average Bonchev–Trinajstić information content (AvgIpc) is 3.14. The summed E-state index contributed by atoms with van der Waals surface area (Å²) in [5.41, 5.74) is 2.23. The van der Waals surface area contributed by atoms with Crippen LogP contribution in [0, 0.1) is 5.92 Å². The van der Waals surface area contributed by atoms with Gasteiger partial charge in [0.05, 0.1) is 5.92 Å². The van der Waals surface area contributed by atoms with E-state index in [1.807, 2.05) is 18.2 Å². The number of anilines is 1. The van der Waals surface area contributed by atoms with E-state index in [2.05, 4.69) is 21.6 Å². The second-order valence-corrected chi connectivity index (χ2v) is 6.57. The Kier molecular flexibility index (Phi) is 3.43. The first-order valence-corrected chi connectivity index (χ1v) is 8.17. The zero-order chi connectivity index (χ0) is 14.2. The van der Waals surface area contributed by atoms with Crippen molar-refractivity contribution in [2.45, 2.75) is 31.2 Å². The zero-order valence-corrected chi connectivity index (χ0v) is 12.3. The van der Waals surface area contributed by atoms with Crippen molar-refractivity contribution in [2.24, 2.45) is 5.92 Å². The fourth-order valence-corrected chi connectivity index (χ4v) is 4.27. The fraction of sp³-hybridized carbons (Fsp3) is 0.588. The number of hydrogen-bond acceptors (Lipinski definition) is 3. The maximum atomic E-state index is 12.3. The van der Waals surface area contributed by atoms with E-state index in [4.69, 9.17) is 0 Å². The third-order valence-electron chi connectivity index (χ3n) is 5.43. The van der Waals surface area contributed by atoms with E-state index in [1.165, 1.54) is 12.0 Å². The zero-order valence-electron chi connectivity index (χ0n) is 12.3. The molecule has 3 heterocycles. The molecule has 21 heavy (non-hydrogen) atoms. The molecule has 3 aliphatic heterocycles. The van der Waals surface area contributed by atoms with Crippen molar-refractivity contribution < 1.29 is 4.79 Å². The van der Waals surface area contributed by atoms with Gasteiger partial charge in [-0.3, -0.25) is 9.69 Å². The van der Waals surface area contributed by atoms with Gasteiger partial charge in [0.2, 0.25) is 5.91 Å². The summed E-state index contributed by atoms with van der Waals surface area (Å²) in [6.07, 6.45) is 3.56. The lowest BCUT2D eigenvalue weighted by atomic mass is 9.80. The van der Waals surface area contributed by atoms with Gasteiger partial charge < -0.3 is 10.6 Å². The van der Waals surface area contributed by atoms with Gasteiger partial charge >= 0.3 is 0 Å². The SMILES string of the molecule is O=C1Nc2ccccc2C1C1CCN(C2CCNC2)CC1. The first-order chi connectivity index (χ1) is 10.3. The van der Waals surface area contributed by atoms with Gasteiger partial charge in [0, 0.05) is 18.3 Å². The van der Waals surface area contributed by atoms with E-state index in [1.54, 1.807) is 0 Å². The Morgan fingerprint density at radius 3 is 2.67 bits per heavy atom. The van der Waals surface area contributed by atoms with Crippen molar-refractivity contribution in [3.8, 4) is 0 Å². The van der Waals surface area contributed by atoms with Crippen molar-refractivity contribution >= 4 is 11.6 Å². The number of carbonyl (C=O) groups is 1. The number of benzene rings is 1. The van der Waals surface area contributed by atoms with Crippen LogP contribution in [-0.4, -0.2) is 43.0 Å². The number of rotatable bonds is 2. The Morgan fingerprint density at radius 2 is 1.90 bits per heavy atom. The number of fused-ring (bicyclic) bond motifs is 1. The standard InChI is InChI=1S/C17H23N3O/c21-17-16(14-3-1-2-4-15(14)19-17)12-6-9-20(10-7-12)13-5-8-18-11-13/h1-4,12-13,16,18H,5-11H2,(H,19,21). The van der Waals surface area contributed by atoms with Crippen LogP contribution >= 0.6 is 0 Å². The molecule has 4 nitrogen and oxygen atoms in total. The number of amides is 1. The third kappa shape index (κ3) is 2.36. The largest absolute Gasteiger partial charge is 0.325 e. The van der Waals surface area contributed by atoms with Crippen LogP contribution < -0.4 is 10.6 Å². The second kappa shape index (κ2) is 5.43. The molecule has 2 saturated heterocycles. The Bertz CT molecular complexity index is 531. The predicted octanol–water partition coefficient (Wildman–Crippen LogP) is 1.80. The molecular formula is C17H23N3O. The monoisotopic (exact) mass is 285 g/mol. The molecule has 2 N–H and O–H groups in total. The van der Waals surface area contributed by atoms with Gasteiger partial charge in [0.25, 0.3) is 0 Å². The Morgan fingerprint density at radius 1 is 1.10 bits per heavy atom. The molecule has 0 spiro atoms. The van der Waals surface area contributed by atoms with Crippen LogP contribution in [0.4, 0.5) is 5.69 Å². The topological polar surface area (TPSA) is 44.4 Å². The van der Waals surface area contributed by atoms with Gasteiger partial charge in [-0.1, -0.05) is 18.2 Å². The van der Waals surface area contributed by atoms with E-state index in [0.29, 0.717) is 5.92 Å². The van der Waals surface area contributed by atoms with Crippen LogP contribution in [0.5, 0.6) is 0 Å². The number of nitrogens with one attached hydrogen (secondary N) is 2. The van der Waals surface area contributed by atoms with Crippen LogP contribution in [0.2, 0.25) is 0 Å². The minimum atomic E-state index is 0.0741. The summed E-state index contributed by atoms with van der Waals surface area (Å²) in [7, 11) is 0. The third-order valence-corrected chi connectivity index (χ3v) is 5.43. The minimum absolute atomic E-state index is 0.0741. The summed E-state index contributed by atoms with van der Waals surface area (Å²) in [5, 5.41) is 6.50. The van der Waals surface area contributed by atoms with Gasteiger partial charge in [-0.05, 0) is 56.4 Å². The van der Waals surface area contributed by atoms with E-state index >= 15 is 0 Å². The second-order valence-electron chi connectivity index (χ2n) is 6.57. The van der Waals surface area contributed by atoms with Gasteiger partial charge in [0.15, 0.2) is 0 Å². The van der Waals surface area contributed by atoms with Crippen LogP contribution in [0.15, 0.2) is 24.3 Å². The number of likely N-dealkylation sites (tertiary alicyclic amines) is 1. The summed E-state index contributed by atoms with van der Waals surface area (Å²) >= 11 is 0. The molecule has 3 aliphatic rings. The average molecular weight is 285 g/mol. The molecule has 1 amide bonds. The Hall–Kier alpha value is -1.39. The first kappa shape index (κ1) is 13.3. The van der Waals surface area contributed by atoms with Crippen LogP contribution in [0.1, 0.15) is 30.7 Å². The molecule has 0 radical (unpaired) electrons. The molecule has 1 aromatic carbocycles. The highest BCUT2D eigenvalue weighted by Crippen LogP contribution is 2.41. The molecule has 0 saturated carbocycles. The molecule has 0 bridgehead atoms. The van der Waals surface area contributed by atoms with Crippen molar-refractivity contribution in [3.05, 3.63) is 29.8 Å². The number of hydrogen-bond donors (Lipinski definition) is 2. The molecule has 2 fully saturated rings. The van der Waals surface area contributed by atoms with Crippen molar-refractivity contribution in [3.63, 3.8) is 0 Å². The minimum Gasteiger partial charge on any atom is -0.325 e. The molecule has 0 aromatic heterocycles. The van der Waals surface area contributed by atoms with Crippen molar-refractivity contribution in [1.82, 2.24) is 10.2 Å². The number of piperidine rings is 1. The van der Waals surface area contributed by atoms with Gasteiger partial charge in [0.1, 0.15) is 0 Å². The number of para-hydroxylation sites is 1. The molecule has 2 unspecified atom stereocenters. The highest BCUT2D eigenvalue weighted by molar-refractivity contribution is 6.03. The van der Waals surface area contributed by atoms with E-state index in [0.717, 1.165) is 50.7 Å². The smallest absolute Gasteiger partial charge is 0.232 e. The highest BCUT2D eigenvalue weighted by Gasteiger charge is 2.38. The summed E-state index contributed by atoms with van der Waals surface area (Å²) in [4.78, 5) is 15.0. The lowest BCUT2D eigenvalue weighted by Crippen LogP contribution is -2.43. The molecular weight excluding hydrogens is 262 g/mol. The van der Waals surface area contributed by atoms with Crippen LogP contribution in [-0.2, 0) is 4.79 Å². The molecule has 1 aromatic rings. The van der Waals surface area contributed by atoms with Gasteiger partial charge in [-0.25, -0.2) is 0 Å². The Labute approximate surface area is 125 Å². The Balaban J connectivity index is 1.45. The van der Waals surface area contributed by atoms with Gasteiger partial charge in [-0.2, -0.15) is 0 Å². The lowest BCUT2D eigenvalue weighted by Gasteiger charge is -2.37. The lowest BCUT2D eigenvalue weighted by molar-refractivity contribution is -0.118. The fourth-order valence-electron chi connectivity index (χ4n) is 4.27. The van der Waals surface area contributed by atoms with E-state index < -0.39 is 0 Å². The summed E-state index contributed by atoms with van der Waals surface area (Å²) in [6.45, 7) is 4.58. The molecule has 0 aliphatic carbocycles. The molecule has 2 atom stereocenters. The van der Waals surface area contributed by atoms with Crippen molar-refractivity contribution in [2.75, 3.05) is 31.5 Å². The quantitative estimate of drug-likeness (QED) is 0.871. The predicted molar refractivity (Wildman–Crippen MR) is 83.4 cm³/mol. The van der Waals surface area contributed by atoms with Crippen molar-refractivity contribution in [1.29, 1.82) is 0 Å². The van der Waals surface area contributed by atoms with Crippen LogP contribution in [0.25, 0.3) is 0 Å². The molecule has 4 rings (SSSR count). The van der Waals surface area contributed by atoms with Gasteiger partial charge in [-0.15, -0.1) is 0 Å². The summed E-state index contributed by atoms with van der Waals surface area (Å²) < 4.78 is 0.